The summed E-state index contributed by atoms with van der Waals surface area (Å²) in [6, 6.07) is 0. The molecule has 1 unspecified atom stereocenters. The van der Waals surface area contributed by atoms with Gasteiger partial charge >= 0.3 is 7.60 Å². The molecule has 0 fully saturated rings. The van der Waals surface area contributed by atoms with Crippen LogP contribution in [0.15, 0.2) is 23.7 Å². The lowest BCUT2D eigenvalue weighted by Gasteiger charge is -2.21. The molecule has 0 rings (SSSR count). The molecule has 0 aliphatic heterocycles. The maximum Gasteiger partial charge on any atom is 0.363 e. The Morgan fingerprint density at radius 1 is 1.22 bits per heavy atom. The van der Waals surface area contributed by atoms with E-state index in [1.165, 1.54) is 12.3 Å². The fourth-order valence-corrected chi connectivity index (χ4v) is 2.94. The molecule has 0 aliphatic carbocycles. The maximum atomic E-state index is 12.5. The maximum absolute atomic E-state index is 12.5. The van der Waals surface area contributed by atoms with E-state index < -0.39 is 13.7 Å². The number of rotatable bonds is 9. The first-order valence-electron chi connectivity index (χ1n) is 6.07. The van der Waals surface area contributed by atoms with Gasteiger partial charge in [-0.2, -0.15) is 0 Å². The Morgan fingerprint density at radius 2 is 1.78 bits per heavy atom. The van der Waals surface area contributed by atoms with E-state index in [0.717, 1.165) is 0 Å². The van der Waals surface area contributed by atoms with Crippen LogP contribution in [0.1, 0.15) is 27.7 Å². The van der Waals surface area contributed by atoms with E-state index in [2.05, 4.69) is 0 Å². The van der Waals surface area contributed by atoms with Crippen molar-refractivity contribution in [1.82, 2.24) is 0 Å². The van der Waals surface area contributed by atoms with Crippen LogP contribution in [0.25, 0.3) is 0 Å². The van der Waals surface area contributed by atoms with E-state index in [1.54, 1.807) is 33.8 Å². The Labute approximate surface area is 109 Å². The van der Waals surface area contributed by atoms with E-state index in [4.69, 9.17) is 13.8 Å². The Kier molecular flexibility index (Phi) is 9.02. The molecule has 1 N–H and O–H groups in total. The molecule has 0 heterocycles. The van der Waals surface area contributed by atoms with Crippen LogP contribution in [-0.2, 0) is 18.3 Å². The molecule has 18 heavy (non-hydrogen) atoms. The van der Waals surface area contributed by atoms with Crippen molar-refractivity contribution >= 4 is 7.60 Å². The van der Waals surface area contributed by atoms with Crippen LogP contribution in [0.3, 0.4) is 0 Å². The van der Waals surface area contributed by atoms with E-state index in [0.29, 0.717) is 6.61 Å². The summed E-state index contributed by atoms with van der Waals surface area (Å²) in [7, 11) is -3.51. The monoisotopic (exact) mass is 278 g/mol. The molecular formula is C12H23O5P. The Balaban J connectivity index is 5.29. The Bertz CT molecular complexity index is 314. The van der Waals surface area contributed by atoms with Crippen molar-refractivity contribution in [3.63, 3.8) is 0 Å². The van der Waals surface area contributed by atoms with Crippen molar-refractivity contribution < 1.29 is 23.5 Å². The van der Waals surface area contributed by atoms with Crippen LogP contribution in [0.4, 0.5) is 0 Å². The topological polar surface area (TPSA) is 65.0 Å². The molecule has 0 spiro atoms. The number of hydrogen-bond acceptors (Lipinski definition) is 5. The van der Waals surface area contributed by atoms with Crippen molar-refractivity contribution in [1.29, 1.82) is 0 Å². The van der Waals surface area contributed by atoms with Crippen LogP contribution in [0, 0.1) is 0 Å². The van der Waals surface area contributed by atoms with Gasteiger partial charge in [0.15, 0.2) is 0 Å². The van der Waals surface area contributed by atoms with Gasteiger partial charge in [-0.15, -0.1) is 0 Å². The summed E-state index contributed by atoms with van der Waals surface area (Å²) in [4.78, 5) is 0. The summed E-state index contributed by atoms with van der Waals surface area (Å²) >= 11 is 0. The zero-order chi connectivity index (χ0) is 14.0. The predicted molar refractivity (Wildman–Crippen MR) is 71.4 cm³/mol. The van der Waals surface area contributed by atoms with E-state index in [9.17, 15) is 9.67 Å². The molecular weight excluding hydrogens is 255 g/mol. The third-order valence-electron chi connectivity index (χ3n) is 1.96. The molecule has 0 aromatic heterocycles. The van der Waals surface area contributed by atoms with Gasteiger partial charge in [-0.25, -0.2) is 0 Å². The minimum absolute atomic E-state index is 0.117. The van der Waals surface area contributed by atoms with Crippen molar-refractivity contribution in [3.8, 4) is 0 Å². The van der Waals surface area contributed by atoms with Gasteiger partial charge in [0.1, 0.15) is 11.4 Å². The first kappa shape index (κ1) is 17.4. The quantitative estimate of drug-likeness (QED) is 0.399. The molecule has 0 aromatic carbocycles. The molecule has 5 nitrogen and oxygen atoms in total. The van der Waals surface area contributed by atoms with Crippen molar-refractivity contribution in [2.45, 2.75) is 33.8 Å². The van der Waals surface area contributed by atoms with Gasteiger partial charge in [-0.05, 0) is 27.7 Å². The molecule has 0 amide bonds. The number of hydrogen-bond donors (Lipinski definition) is 1. The van der Waals surface area contributed by atoms with Gasteiger partial charge in [0.05, 0.1) is 26.1 Å². The van der Waals surface area contributed by atoms with Crippen LogP contribution in [0.2, 0.25) is 0 Å². The highest BCUT2D eigenvalue weighted by atomic mass is 31.2. The predicted octanol–water partition coefficient (Wildman–Crippen LogP) is 3.07. The summed E-state index contributed by atoms with van der Waals surface area (Å²) < 4.78 is 28.0. The smallest absolute Gasteiger partial charge is 0.363 e. The second-order valence-corrected chi connectivity index (χ2v) is 5.33. The fraction of sp³-hybridized carbons (Fsp3) is 0.667. The summed E-state index contributed by atoms with van der Waals surface area (Å²) in [5.74, 6) is 0. The third kappa shape index (κ3) is 5.36. The second kappa shape index (κ2) is 9.34. The Morgan fingerprint density at radius 3 is 2.17 bits per heavy atom. The molecule has 6 heteroatoms. The molecule has 0 saturated carbocycles. The van der Waals surface area contributed by atoms with Crippen LogP contribution >= 0.6 is 7.60 Å². The average Bonchev–Trinajstić information content (AvgIpc) is 2.30. The van der Waals surface area contributed by atoms with Crippen molar-refractivity contribution in [3.05, 3.63) is 23.7 Å². The summed E-state index contributed by atoms with van der Waals surface area (Å²) in [6.07, 6.45) is 3.37. The molecule has 0 aliphatic rings. The van der Waals surface area contributed by atoms with Gasteiger partial charge in [0, 0.05) is 0 Å². The minimum atomic E-state index is -3.51. The lowest BCUT2D eigenvalue weighted by Crippen LogP contribution is -2.12. The average molecular weight is 278 g/mol. The number of ether oxygens (including phenoxy) is 1. The summed E-state index contributed by atoms with van der Waals surface area (Å²) in [5, 5.41) is 10.1. The highest BCUT2D eigenvalue weighted by Gasteiger charge is 2.34. The lowest BCUT2D eigenvalue weighted by atomic mass is 10.3. The van der Waals surface area contributed by atoms with Gasteiger partial charge in [-0.3, -0.25) is 4.57 Å². The third-order valence-corrected chi connectivity index (χ3v) is 4.16. The van der Waals surface area contributed by atoms with Crippen LogP contribution < -0.4 is 0 Å². The highest BCUT2D eigenvalue weighted by Crippen LogP contribution is 2.57. The standard InChI is InChI=1S/C12H23O5P/c1-5-9-11(13)12(10-15-6-2)18(14,16-7-3)17-8-4/h5,9-11,13H,6-8H2,1-4H3/b9-5+,12-10-. The largest absolute Gasteiger partial charge is 0.501 e. The fourth-order valence-electron chi connectivity index (χ4n) is 1.27. The molecule has 0 radical (unpaired) electrons. The van der Waals surface area contributed by atoms with E-state index in [-0.39, 0.29) is 18.5 Å². The van der Waals surface area contributed by atoms with Gasteiger partial charge < -0.3 is 18.9 Å². The lowest BCUT2D eigenvalue weighted by molar-refractivity contribution is 0.200. The van der Waals surface area contributed by atoms with Gasteiger partial charge in [0.2, 0.25) is 0 Å². The van der Waals surface area contributed by atoms with E-state index >= 15 is 0 Å². The summed E-state index contributed by atoms with van der Waals surface area (Å²) in [5.41, 5.74) is 0. The van der Waals surface area contributed by atoms with E-state index in [1.807, 2.05) is 0 Å². The van der Waals surface area contributed by atoms with Gasteiger partial charge in [-0.1, -0.05) is 12.2 Å². The molecule has 0 saturated heterocycles. The van der Waals surface area contributed by atoms with Crippen LogP contribution in [0.5, 0.6) is 0 Å². The zero-order valence-electron chi connectivity index (χ0n) is 11.5. The first-order chi connectivity index (χ1) is 8.55. The summed E-state index contributed by atoms with van der Waals surface area (Å²) in [6.45, 7) is 7.84. The normalized spacial score (nSPS) is 15.1. The molecule has 106 valence electrons. The highest BCUT2D eigenvalue weighted by molar-refractivity contribution is 7.58. The number of aliphatic hydroxyl groups is 1. The Hall–Kier alpha value is -0.610. The van der Waals surface area contributed by atoms with Crippen molar-refractivity contribution in [2.75, 3.05) is 19.8 Å². The van der Waals surface area contributed by atoms with Crippen molar-refractivity contribution in [2.24, 2.45) is 0 Å². The first-order valence-corrected chi connectivity index (χ1v) is 7.62. The van der Waals surface area contributed by atoms with Gasteiger partial charge in [0.25, 0.3) is 0 Å². The molecule has 1 atom stereocenters. The number of aliphatic hydroxyl groups excluding tert-OH is 1. The molecule has 0 bridgehead atoms. The second-order valence-electron chi connectivity index (χ2n) is 3.30. The SMILES string of the molecule is C/C=C/C(O)/C(=C/OCC)P(=O)(OCC)OCC. The zero-order valence-corrected chi connectivity index (χ0v) is 12.4. The number of allylic oxidation sites excluding steroid dienone is 1. The minimum Gasteiger partial charge on any atom is -0.501 e. The molecule has 0 aromatic rings. The van der Waals surface area contributed by atoms with Crippen LogP contribution in [-0.4, -0.2) is 31.0 Å².